The number of hydrogen-bond donors (Lipinski definition) is 1. The molecule has 1 aliphatic carbocycles. The van der Waals surface area contributed by atoms with E-state index >= 15 is 0 Å². The Balaban J connectivity index is 2.40. The zero-order chi connectivity index (χ0) is 8.81. The van der Waals surface area contributed by atoms with Crippen LogP contribution >= 0.6 is 0 Å². The van der Waals surface area contributed by atoms with Crippen LogP contribution in [-0.4, -0.2) is 13.6 Å². The molecule has 0 saturated carbocycles. The van der Waals surface area contributed by atoms with Crippen LogP contribution < -0.4 is 5.32 Å². The molecule has 0 unspecified atom stereocenters. The molecule has 1 rings (SSSR count). The summed E-state index contributed by atoms with van der Waals surface area (Å²) in [4.78, 5) is 0. The summed E-state index contributed by atoms with van der Waals surface area (Å²) >= 11 is 0. The SMILES string of the molecule is C=C(CCNC)C1=CC=CCC1. The quantitative estimate of drug-likeness (QED) is 0.671. The minimum Gasteiger partial charge on any atom is -0.319 e. The minimum atomic E-state index is 1.03. The summed E-state index contributed by atoms with van der Waals surface area (Å²) in [5.74, 6) is 0. The van der Waals surface area contributed by atoms with E-state index in [4.69, 9.17) is 0 Å². The lowest BCUT2D eigenvalue weighted by Crippen LogP contribution is -2.09. The van der Waals surface area contributed by atoms with Crippen molar-refractivity contribution in [2.24, 2.45) is 0 Å². The third-order valence-corrected chi connectivity index (χ3v) is 2.14. The topological polar surface area (TPSA) is 12.0 Å². The highest BCUT2D eigenvalue weighted by atomic mass is 14.8. The fourth-order valence-electron chi connectivity index (χ4n) is 1.33. The van der Waals surface area contributed by atoms with E-state index in [1.165, 1.54) is 24.0 Å². The van der Waals surface area contributed by atoms with Crippen LogP contribution in [0, 0.1) is 0 Å². The number of allylic oxidation sites excluding steroid dienone is 4. The summed E-state index contributed by atoms with van der Waals surface area (Å²) in [6.07, 6.45) is 9.92. The summed E-state index contributed by atoms with van der Waals surface area (Å²) in [5.41, 5.74) is 2.71. The Morgan fingerprint density at radius 1 is 1.67 bits per heavy atom. The minimum absolute atomic E-state index is 1.03. The molecule has 0 aromatic heterocycles. The van der Waals surface area contributed by atoms with Gasteiger partial charge in [0.05, 0.1) is 0 Å². The molecule has 0 fully saturated rings. The molecule has 0 aromatic rings. The molecular formula is C11H17N. The van der Waals surface area contributed by atoms with Gasteiger partial charge in [0.1, 0.15) is 0 Å². The first-order valence-electron chi connectivity index (χ1n) is 4.53. The second-order valence-corrected chi connectivity index (χ2v) is 3.12. The van der Waals surface area contributed by atoms with Gasteiger partial charge >= 0.3 is 0 Å². The van der Waals surface area contributed by atoms with Crippen molar-refractivity contribution < 1.29 is 0 Å². The average molecular weight is 163 g/mol. The lowest BCUT2D eigenvalue weighted by molar-refractivity contribution is 0.781. The van der Waals surface area contributed by atoms with E-state index in [9.17, 15) is 0 Å². The Labute approximate surface area is 74.9 Å². The van der Waals surface area contributed by atoms with Gasteiger partial charge in [-0.2, -0.15) is 0 Å². The molecule has 0 atom stereocenters. The van der Waals surface area contributed by atoms with Gasteiger partial charge in [0.15, 0.2) is 0 Å². The highest BCUT2D eigenvalue weighted by Gasteiger charge is 2.02. The van der Waals surface area contributed by atoms with Crippen LogP contribution in [0.1, 0.15) is 19.3 Å². The maximum absolute atomic E-state index is 4.07. The fraction of sp³-hybridized carbons (Fsp3) is 0.455. The van der Waals surface area contributed by atoms with E-state index in [0.717, 1.165) is 13.0 Å². The molecule has 1 heteroatoms. The standard InChI is InChI=1S/C11H17N/c1-10(8-9-12-2)11-6-4-3-5-7-11/h3-4,6,12H,1,5,7-9H2,2H3. The second-order valence-electron chi connectivity index (χ2n) is 3.12. The highest BCUT2D eigenvalue weighted by Crippen LogP contribution is 2.20. The molecule has 1 N–H and O–H groups in total. The van der Waals surface area contributed by atoms with Gasteiger partial charge in [-0.15, -0.1) is 0 Å². The molecule has 0 spiro atoms. The van der Waals surface area contributed by atoms with E-state index < -0.39 is 0 Å². The van der Waals surface area contributed by atoms with Gasteiger partial charge in [-0.3, -0.25) is 0 Å². The molecule has 0 bridgehead atoms. The van der Waals surface area contributed by atoms with Crippen molar-refractivity contribution in [1.82, 2.24) is 5.32 Å². The molecule has 0 aromatic carbocycles. The summed E-state index contributed by atoms with van der Waals surface area (Å²) < 4.78 is 0. The van der Waals surface area contributed by atoms with Crippen molar-refractivity contribution in [3.05, 3.63) is 36.0 Å². The normalized spacial score (nSPS) is 15.9. The molecule has 1 nitrogen and oxygen atoms in total. The first-order chi connectivity index (χ1) is 5.84. The van der Waals surface area contributed by atoms with E-state index in [1.54, 1.807) is 0 Å². The first-order valence-corrected chi connectivity index (χ1v) is 4.53. The number of nitrogens with one attached hydrogen (secondary N) is 1. The lowest BCUT2D eigenvalue weighted by Gasteiger charge is -2.11. The van der Waals surface area contributed by atoms with Crippen LogP contribution in [0.4, 0.5) is 0 Å². The third kappa shape index (κ3) is 2.67. The van der Waals surface area contributed by atoms with Crippen molar-refractivity contribution in [2.45, 2.75) is 19.3 Å². The maximum Gasteiger partial charge on any atom is -0.00115 e. The molecule has 0 radical (unpaired) electrons. The van der Waals surface area contributed by atoms with E-state index in [0.29, 0.717) is 0 Å². The van der Waals surface area contributed by atoms with Crippen molar-refractivity contribution in [2.75, 3.05) is 13.6 Å². The monoisotopic (exact) mass is 163 g/mol. The smallest absolute Gasteiger partial charge is 0.00115 e. The van der Waals surface area contributed by atoms with Gasteiger partial charge in [0.2, 0.25) is 0 Å². The summed E-state index contributed by atoms with van der Waals surface area (Å²) in [7, 11) is 1.97. The second kappa shape index (κ2) is 4.94. The summed E-state index contributed by atoms with van der Waals surface area (Å²) in [6, 6.07) is 0. The maximum atomic E-state index is 4.07. The molecule has 0 amide bonds. The highest BCUT2D eigenvalue weighted by molar-refractivity contribution is 5.34. The van der Waals surface area contributed by atoms with Crippen molar-refractivity contribution >= 4 is 0 Å². The molecule has 0 aliphatic heterocycles. The molecule has 0 heterocycles. The van der Waals surface area contributed by atoms with Crippen LogP contribution in [0.2, 0.25) is 0 Å². The van der Waals surface area contributed by atoms with Gasteiger partial charge in [0, 0.05) is 0 Å². The fourth-order valence-corrected chi connectivity index (χ4v) is 1.33. The Hall–Kier alpha value is -0.820. The largest absolute Gasteiger partial charge is 0.319 e. The van der Waals surface area contributed by atoms with Crippen LogP contribution in [0.15, 0.2) is 36.0 Å². The Bertz CT molecular complexity index is 211. The van der Waals surface area contributed by atoms with E-state index in [-0.39, 0.29) is 0 Å². The van der Waals surface area contributed by atoms with Crippen LogP contribution in [-0.2, 0) is 0 Å². The van der Waals surface area contributed by atoms with Gasteiger partial charge < -0.3 is 5.32 Å². The predicted octanol–water partition coefficient (Wildman–Crippen LogP) is 2.43. The van der Waals surface area contributed by atoms with Crippen molar-refractivity contribution in [3.63, 3.8) is 0 Å². The van der Waals surface area contributed by atoms with Crippen molar-refractivity contribution in [1.29, 1.82) is 0 Å². The van der Waals surface area contributed by atoms with Gasteiger partial charge in [-0.1, -0.05) is 30.4 Å². The number of rotatable bonds is 4. The Kier molecular flexibility index (Phi) is 3.81. The summed E-state index contributed by atoms with van der Waals surface area (Å²) in [5, 5.41) is 3.13. The van der Waals surface area contributed by atoms with Crippen LogP contribution in [0.25, 0.3) is 0 Å². The van der Waals surface area contributed by atoms with Crippen LogP contribution in [0.5, 0.6) is 0 Å². The zero-order valence-electron chi connectivity index (χ0n) is 7.77. The number of hydrogen-bond acceptors (Lipinski definition) is 1. The molecule has 0 saturated heterocycles. The summed E-state index contributed by atoms with van der Waals surface area (Å²) in [6.45, 7) is 5.10. The average Bonchev–Trinajstić information content (AvgIpc) is 2.15. The van der Waals surface area contributed by atoms with E-state index in [2.05, 4.69) is 30.1 Å². The third-order valence-electron chi connectivity index (χ3n) is 2.14. The van der Waals surface area contributed by atoms with Gasteiger partial charge in [-0.25, -0.2) is 0 Å². The first kappa shape index (κ1) is 9.27. The van der Waals surface area contributed by atoms with Gasteiger partial charge in [0.25, 0.3) is 0 Å². The van der Waals surface area contributed by atoms with Crippen molar-refractivity contribution in [3.8, 4) is 0 Å². The van der Waals surface area contributed by atoms with E-state index in [1.807, 2.05) is 7.05 Å². The predicted molar refractivity (Wildman–Crippen MR) is 54.1 cm³/mol. The van der Waals surface area contributed by atoms with Crippen LogP contribution in [0.3, 0.4) is 0 Å². The molecular weight excluding hydrogens is 146 g/mol. The van der Waals surface area contributed by atoms with Gasteiger partial charge in [-0.05, 0) is 38.4 Å². The molecule has 1 aliphatic rings. The molecule has 66 valence electrons. The zero-order valence-corrected chi connectivity index (χ0v) is 7.77. The lowest BCUT2D eigenvalue weighted by atomic mass is 9.96. The Morgan fingerprint density at radius 2 is 2.50 bits per heavy atom. The Morgan fingerprint density at radius 3 is 3.08 bits per heavy atom. The molecule has 12 heavy (non-hydrogen) atoms.